The van der Waals surface area contributed by atoms with E-state index in [1.165, 1.54) is 6.07 Å². The Morgan fingerprint density at radius 2 is 1.81 bits per heavy atom. The quantitative estimate of drug-likeness (QED) is 0.796. The van der Waals surface area contributed by atoms with Crippen LogP contribution in [0.25, 0.3) is 11.1 Å². The van der Waals surface area contributed by atoms with E-state index in [-0.39, 0.29) is 5.56 Å². The van der Waals surface area contributed by atoms with Crippen LogP contribution in [0.3, 0.4) is 0 Å². The molecule has 0 fully saturated rings. The molecule has 3 heteroatoms. The number of aromatic carboxylic acids is 1. The first kappa shape index (κ1) is 10.7. The van der Waals surface area contributed by atoms with E-state index in [9.17, 15) is 9.90 Å². The van der Waals surface area contributed by atoms with Crippen LogP contribution in [0.4, 0.5) is 0 Å². The van der Waals surface area contributed by atoms with Crippen LogP contribution < -0.4 is 5.11 Å². The molecule has 0 atom stereocenters. The van der Waals surface area contributed by atoms with Crippen molar-refractivity contribution in [3.8, 4) is 11.1 Å². The Balaban J connectivity index is 2.53. The molecule has 0 aliphatic carbocycles. The summed E-state index contributed by atoms with van der Waals surface area (Å²) in [5, 5.41) is 11.3. The number of halogens is 1. The van der Waals surface area contributed by atoms with Crippen LogP contribution in [0, 0.1) is 0 Å². The van der Waals surface area contributed by atoms with E-state index in [1.807, 2.05) is 24.3 Å². The molecule has 0 saturated heterocycles. The second-order valence-electron chi connectivity index (χ2n) is 3.35. The summed E-state index contributed by atoms with van der Waals surface area (Å²) in [5.41, 5.74) is 1.73. The van der Waals surface area contributed by atoms with Crippen molar-refractivity contribution in [3.63, 3.8) is 0 Å². The topological polar surface area (TPSA) is 40.1 Å². The van der Waals surface area contributed by atoms with Crippen LogP contribution in [0.1, 0.15) is 10.4 Å². The maximum absolute atomic E-state index is 10.7. The Hall–Kier alpha value is -1.80. The van der Waals surface area contributed by atoms with E-state index in [4.69, 9.17) is 11.6 Å². The Kier molecular flexibility index (Phi) is 2.93. The number of benzene rings is 2. The Morgan fingerprint density at radius 1 is 1.06 bits per heavy atom. The lowest BCUT2D eigenvalue weighted by atomic mass is 10.0. The van der Waals surface area contributed by atoms with Gasteiger partial charge in [-0.25, -0.2) is 0 Å². The van der Waals surface area contributed by atoms with E-state index >= 15 is 0 Å². The standard InChI is InChI=1S/C13H9ClO2/c14-12-7-2-1-6-11(12)9-4-3-5-10(8-9)13(15)16/h1-8H,(H,15,16)/p-1. The van der Waals surface area contributed by atoms with E-state index in [0.29, 0.717) is 5.02 Å². The fourth-order valence-corrected chi connectivity index (χ4v) is 1.75. The minimum Gasteiger partial charge on any atom is -0.545 e. The lowest BCUT2D eigenvalue weighted by molar-refractivity contribution is -0.255. The number of carboxylic acids is 1. The molecule has 0 spiro atoms. The maximum atomic E-state index is 10.7. The zero-order valence-electron chi connectivity index (χ0n) is 8.31. The van der Waals surface area contributed by atoms with Crippen molar-refractivity contribution in [3.05, 3.63) is 59.1 Å². The summed E-state index contributed by atoms with van der Waals surface area (Å²) in [6.07, 6.45) is 0. The summed E-state index contributed by atoms with van der Waals surface area (Å²) < 4.78 is 0. The van der Waals surface area contributed by atoms with Gasteiger partial charge in [-0.3, -0.25) is 0 Å². The number of hydrogen-bond donors (Lipinski definition) is 0. The van der Waals surface area contributed by atoms with Gasteiger partial charge in [0, 0.05) is 10.6 Å². The summed E-state index contributed by atoms with van der Waals surface area (Å²) in [6.45, 7) is 0. The first-order valence-electron chi connectivity index (χ1n) is 4.75. The molecule has 0 saturated carbocycles. The third kappa shape index (κ3) is 2.07. The van der Waals surface area contributed by atoms with Gasteiger partial charge in [0.15, 0.2) is 0 Å². The second-order valence-corrected chi connectivity index (χ2v) is 3.76. The predicted molar refractivity (Wildman–Crippen MR) is 61.2 cm³/mol. The first-order valence-corrected chi connectivity index (χ1v) is 5.12. The summed E-state index contributed by atoms with van der Waals surface area (Å²) in [7, 11) is 0. The van der Waals surface area contributed by atoms with Crippen molar-refractivity contribution in [1.82, 2.24) is 0 Å². The molecule has 2 aromatic rings. The zero-order valence-corrected chi connectivity index (χ0v) is 9.07. The third-order valence-corrected chi connectivity index (χ3v) is 2.61. The second kappa shape index (κ2) is 4.37. The van der Waals surface area contributed by atoms with Crippen molar-refractivity contribution in [2.75, 3.05) is 0 Å². The smallest absolute Gasteiger partial charge is 0.0715 e. The van der Waals surface area contributed by atoms with E-state index < -0.39 is 5.97 Å². The van der Waals surface area contributed by atoms with Crippen LogP contribution in [0.5, 0.6) is 0 Å². The lowest BCUT2D eigenvalue weighted by Gasteiger charge is -2.07. The van der Waals surface area contributed by atoms with Crippen molar-refractivity contribution in [2.24, 2.45) is 0 Å². The molecule has 0 amide bonds. The van der Waals surface area contributed by atoms with E-state index in [0.717, 1.165) is 11.1 Å². The summed E-state index contributed by atoms with van der Waals surface area (Å²) in [6, 6.07) is 13.8. The molecule has 0 aliphatic rings. The van der Waals surface area contributed by atoms with Crippen LogP contribution in [-0.2, 0) is 0 Å². The lowest BCUT2D eigenvalue weighted by Crippen LogP contribution is -2.22. The molecule has 0 unspecified atom stereocenters. The van der Waals surface area contributed by atoms with Gasteiger partial charge in [0.2, 0.25) is 0 Å². The molecule has 0 N–H and O–H groups in total. The van der Waals surface area contributed by atoms with Crippen LogP contribution in [-0.4, -0.2) is 5.97 Å². The molecule has 0 aromatic heterocycles. The van der Waals surface area contributed by atoms with Gasteiger partial charge in [-0.15, -0.1) is 0 Å². The molecule has 2 aromatic carbocycles. The highest BCUT2D eigenvalue weighted by Crippen LogP contribution is 2.27. The fraction of sp³-hybridized carbons (Fsp3) is 0. The van der Waals surface area contributed by atoms with Gasteiger partial charge in [-0.2, -0.15) is 0 Å². The van der Waals surface area contributed by atoms with E-state index in [2.05, 4.69) is 0 Å². The first-order chi connectivity index (χ1) is 7.68. The van der Waals surface area contributed by atoms with Gasteiger partial charge < -0.3 is 9.90 Å². The predicted octanol–water partition coefficient (Wildman–Crippen LogP) is 2.37. The van der Waals surface area contributed by atoms with Gasteiger partial charge in [0.05, 0.1) is 5.97 Å². The number of carbonyl (C=O) groups is 1. The minimum absolute atomic E-state index is 0.150. The SMILES string of the molecule is O=C([O-])c1cccc(-c2ccccc2Cl)c1. The fourth-order valence-electron chi connectivity index (χ4n) is 1.51. The molecular formula is C13H8ClO2-. The highest BCUT2D eigenvalue weighted by Gasteiger charge is 2.03. The minimum atomic E-state index is -1.19. The van der Waals surface area contributed by atoms with Gasteiger partial charge in [-0.1, -0.05) is 48.0 Å². The Bertz CT molecular complexity index is 535. The molecule has 16 heavy (non-hydrogen) atoms. The van der Waals surface area contributed by atoms with Gasteiger partial charge >= 0.3 is 0 Å². The molecule has 2 nitrogen and oxygen atoms in total. The molecule has 2 rings (SSSR count). The number of carboxylic acid groups (broad SMARTS) is 1. The highest BCUT2D eigenvalue weighted by atomic mass is 35.5. The molecule has 0 bridgehead atoms. The summed E-state index contributed by atoms with van der Waals surface area (Å²) in [4.78, 5) is 10.7. The van der Waals surface area contributed by atoms with Crippen LogP contribution in [0.2, 0.25) is 5.02 Å². The van der Waals surface area contributed by atoms with Crippen molar-refractivity contribution >= 4 is 17.6 Å². The summed E-state index contributed by atoms with van der Waals surface area (Å²) in [5.74, 6) is -1.19. The van der Waals surface area contributed by atoms with Crippen molar-refractivity contribution < 1.29 is 9.90 Å². The maximum Gasteiger partial charge on any atom is 0.0715 e. The van der Waals surface area contributed by atoms with Crippen LogP contribution in [0.15, 0.2) is 48.5 Å². The Labute approximate surface area is 98.1 Å². The van der Waals surface area contributed by atoms with Gasteiger partial charge in [0.1, 0.15) is 0 Å². The van der Waals surface area contributed by atoms with E-state index in [1.54, 1.807) is 18.2 Å². The Morgan fingerprint density at radius 3 is 2.50 bits per heavy atom. The number of carbonyl (C=O) groups excluding carboxylic acids is 1. The average Bonchev–Trinajstić information content (AvgIpc) is 2.30. The average molecular weight is 232 g/mol. The van der Waals surface area contributed by atoms with Gasteiger partial charge in [0.25, 0.3) is 0 Å². The number of rotatable bonds is 2. The van der Waals surface area contributed by atoms with Crippen LogP contribution >= 0.6 is 11.6 Å². The normalized spacial score (nSPS) is 10.1. The largest absolute Gasteiger partial charge is 0.545 e. The molecule has 0 radical (unpaired) electrons. The number of hydrogen-bond acceptors (Lipinski definition) is 2. The monoisotopic (exact) mass is 231 g/mol. The zero-order chi connectivity index (χ0) is 11.5. The molecule has 80 valence electrons. The molecule has 0 aliphatic heterocycles. The molecule has 0 heterocycles. The summed E-state index contributed by atoms with van der Waals surface area (Å²) >= 11 is 6.03. The highest BCUT2D eigenvalue weighted by molar-refractivity contribution is 6.33. The van der Waals surface area contributed by atoms with Crippen molar-refractivity contribution in [2.45, 2.75) is 0 Å². The van der Waals surface area contributed by atoms with Gasteiger partial charge in [-0.05, 0) is 23.3 Å². The third-order valence-electron chi connectivity index (χ3n) is 2.28. The molecular weight excluding hydrogens is 224 g/mol. The van der Waals surface area contributed by atoms with Crippen molar-refractivity contribution in [1.29, 1.82) is 0 Å².